The highest BCUT2D eigenvalue weighted by atomic mass is 127. The number of hydrogen-bond donors (Lipinski definition) is 1. The van der Waals surface area contributed by atoms with Gasteiger partial charge >= 0.3 is 0 Å². The predicted octanol–water partition coefficient (Wildman–Crippen LogP) is 0.488. The van der Waals surface area contributed by atoms with Crippen molar-refractivity contribution in [2.45, 2.75) is 0 Å². The lowest BCUT2D eigenvalue weighted by atomic mass is 10.0. The van der Waals surface area contributed by atoms with Gasteiger partial charge in [-0.1, -0.05) is 0 Å². The van der Waals surface area contributed by atoms with E-state index in [1.165, 1.54) is 26.2 Å². The molecule has 0 spiro atoms. The molecule has 2 aliphatic heterocycles. The van der Waals surface area contributed by atoms with Gasteiger partial charge in [0.1, 0.15) is 0 Å². The fourth-order valence-corrected chi connectivity index (χ4v) is 2.81. The molecule has 2 aliphatic rings. The molecule has 1 N–H and O–H groups in total. The van der Waals surface area contributed by atoms with Crippen molar-refractivity contribution in [1.82, 2.24) is 8.43 Å². The number of nitrogens with one attached hydrogen (secondary N) is 1. The summed E-state index contributed by atoms with van der Waals surface area (Å²) in [7, 11) is 0. The highest BCUT2D eigenvalue weighted by molar-refractivity contribution is 14.1. The van der Waals surface area contributed by atoms with Crippen molar-refractivity contribution in [1.29, 1.82) is 0 Å². The summed E-state index contributed by atoms with van der Waals surface area (Å²) in [6.07, 6.45) is 0. The third-order valence-electron chi connectivity index (χ3n) is 2.34. The minimum absolute atomic E-state index is 0.960. The Morgan fingerprint density at radius 3 is 2.33 bits per heavy atom. The minimum Gasteiger partial charge on any atom is -0.316 e. The molecule has 0 aromatic carbocycles. The van der Waals surface area contributed by atoms with Crippen LogP contribution >= 0.6 is 22.9 Å². The largest absolute Gasteiger partial charge is 0.316 e. The molecule has 2 saturated heterocycles. The molecule has 0 aliphatic carbocycles. The topological polar surface area (TPSA) is 15.3 Å². The van der Waals surface area contributed by atoms with E-state index in [-0.39, 0.29) is 0 Å². The quantitative estimate of drug-likeness (QED) is 0.488. The van der Waals surface area contributed by atoms with Crippen LogP contribution in [0.15, 0.2) is 0 Å². The van der Waals surface area contributed by atoms with Crippen molar-refractivity contribution in [3.8, 4) is 0 Å². The molecule has 0 bridgehead atoms. The van der Waals surface area contributed by atoms with Crippen molar-refractivity contribution in [2.24, 2.45) is 11.8 Å². The average Bonchev–Trinajstić information content (AvgIpc) is 2.22. The van der Waals surface area contributed by atoms with Gasteiger partial charge in [0, 0.05) is 36.0 Å². The summed E-state index contributed by atoms with van der Waals surface area (Å²) in [5.74, 6) is 1.92. The van der Waals surface area contributed by atoms with E-state index >= 15 is 0 Å². The number of hydrogen-bond acceptors (Lipinski definition) is 2. The second-order valence-corrected chi connectivity index (χ2v) is 4.37. The van der Waals surface area contributed by atoms with Crippen LogP contribution in [0.3, 0.4) is 0 Å². The van der Waals surface area contributed by atoms with Crippen molar-refractivity contribution in [2.75, 3.05) is 26.2 Å². The van der Waals surface area contributed by atoms with E-state index in [1.54, 1.807) is 0 Å². The summed E-state index contributed by atoms with van der Waals surface area (Å²) in [6.45, 7) is 5.12. The highest BCUT2D eigenvalue weighted by Crippen LogP contribution is 2.27. The molecule has 2 heterocycles. The zero-order valence-electron chi connectivity index (χ0n) is 5.31. The van der Waals surface area contributed by atoms with E-state index in [4.69, 9.17) is 0 Å². The van der Waals surface area contributed by atoms with Crippen molar-refractivity contribution >= 4 is 22.9 Å². The van der Waals surface area contributed by atoms with Gasteiger partial charge in [0.15, 0.2) is 0 Å². The van der Waals surface area contributed by atoms with E-state index < -0.39 is 0 Å². The first-order chi connectivity index (χ1) is 4.36. The fourth-order valence-electron chi connectivity index (χ4n) is 1.80. The molecule has 2 rings (SSSR count). The van der Waals surface area contributed by atoms with Gasteiger partial charge in [-0.05, 0) is 24.9 Å². The maximum atomic E-state index is 3.41. The standard InChI is InChI=1S/C6H11IN2/c7-9-3-5-1-8-2-6(5)4-9/h5-6,8H,1-4H2/t5-,6-/m1/s1. The van der Waals surface area contributed by atoms with Gasteiger partial charge in [0.2, 0.25) is 0 Å². The van der Waals surface area contributed by atoms with E-state index in [9.17, 15) is 0 Å². The maximum Gasteiger partial charge on any atom is 0.0201 e. The molecule has 2 fully saturated rings. The summed E-state index contributed by atoms with van der Waals surface area (Å²) in [6, 6.07) is 0. The van der Waals surface area contributed by atoms with E-state index in [0.29, 0.717) is 0 Å². The Balaban J connectivity index is 2.02. The van der Waals surface area contributed by atoms with Crippen LogP contribution in [0.5, 0.6) is 0 Å². The number of halogens is 1. The van der Waals surface area contributed by atoms with Crippen molar-refractivity contribution < 1.29 is 0 Å². The normalized spacial score (nSPS) is 43.7. The predicted molar refractivity (Wildman–Crippen MR) is 45.4 cm³/mol. The maximum absolute atomic E-state index is 3.41. The van der Waals surface area contributed by atoms with Crippen LogP contribution in [0.2, 0.25) is 0 Å². The Morgan fingerprint density at radius 2 is 1.78 bits per heavy atom. The Morgan fingerprint density at radius 1 is 1.22 bits per heavy atom. The molecule has 2 nitrogen and oxygen atoms in total. The van der Waals surface area contributed by atoms with Gasteiger partial charge in [-0.15, -0.1) is 0 Å². The average molecular weight is 238 g/mol. The molecule has 3 heteroatoms. The molecule has 9 heavy (non-hydrogen) atoms. The molecular formula is C6H11IN2. The molecule has 0 radical (unpaired) electrons. The number of fused-ring (bicyclic) bond motifs is 1. The second-order valence-electron chi connectivity index (χ2n) is 3.01. The third kappa shape index (κ3) is 1.10. The van der Waals surface area contributed by atoms with E-state index in [1.807, 2.05) is 0 Å². The van der Waals surface area contributed by atoms with Crippen LogP contribution in [0, 0.1) is 11.8 Å². The first-order valence-electron chi connectivity index (χ1n) is 3.47. The first kappa shape index (κ1) is 6.37. The summed E-state index contributed by atoms with van der Waals surface area (Å²) in [5.41, 5.74) is 0. The van der Waals surface area contributed by atoms with Gasteiger partial charge in [0.25, 0.3) is 0 Å². The SMILES string of the molecule is IN1C[C@H]2CNC[C@@H]2C1. The molecule has 0 unspecified atom stereocenters. The lowest BCUT2D eigenvalue weighted by molar-refractivity contribution is 0.533. The minimum atomic E-state index is 0.960. The van der Waals surface area contributed by atoms with E-state index in [0.717, 1.165) is 11.8 Å². The zero-order chi connectivity index (χ0) is 6.27. The summed E-state index contributed by atoms with van der Waals surface area (Å²) in [4.78, 5) is 0. The van der Waals surface area contributed by atoms with Gasteiger partial charge in [-0.25, -0.2) is 3.11 Å². The zero-order valence-corrected chi connectivity index (χ0v) is 7.47. The molecule has 0 aromatic rings. The van der Waals surface area contributed by atoms with Crippen LogP contribution in [0.4, 0.5) is 0 Å². The molecule has 2 atom stereocenters. The molecule has 52 valence electrons. The van der Waals surface area contributed by atoms with Gasteiger partial charge in [-0.3, -0.25) is 0 Å². The fraction of sp³-hybridized carbons (Fsp3) is 1.00. The van der Waals surface area contributed by atoms with Gasteiger partial charge < -0.3 is 5.32 Å². The van der Waals surface area contributed by atoms with Crippen LogP contribution < -0.4 is 5.32 Å². The van der Waals surface area contributed by atoms with Gasteiger partial charge in [-0.2, -0.15) is 0 Å². The first-order valence-corrected chi connectivity index (χ1v) is 4.44. The van der Waals surface area contributed by atoms with Crippen LogP contribution in [-0.2, 0) is 0 Å². The number of rotatable bonds is 0. The van der Waals surface area contributed by atoms with Crippen molar-refractivity contribution in [3.05, 3.63) is 0 Å². The number of nitrogens with zero attached hydrogens (tertiary/aromatic N) is 1. The van der Waals surface area contributed by atoms with Crippen molar-refractivity contribution in [3.63, 3.8) is 0 Å². The Bertz CT molecular complexity index is 106. The molecule has 0 saturated carbocycles. The second kappa shape index (κ2) is 2.36. The molecule has 0 amide bonds. The van der Waals surface area contributed by atoms with Gasteiger partial charge in [0.05, 0.1) is 0 Å². The van der Waals surface area contributed by atoms with Crippen LogP contribution in [0.1, 0.15) is 0 Å². The highest BCUT2D eigenvalue weighted by Gasteiger charge is 2.34. The van der Waals surface area contributed by atoms with Crippen LogP contribution in [-0.4, -0.2) is 29.3 Å². The Labute approximate surface area is 69.5 Å². The lowest BCUT2D eigenvalue weighted by Crippen LogP contribution is -2.17. The van der Waals surface area contributed by atoms with E-state index in [2.05, 4.69) is 31.3 Å². The molecule has 0 aromatic heterocycles. The summed E-state index contributed by atoms with van der Waals surface area (Å²) < 4.78 is 2.41. The Hall–Kier alpha value is 0.650. The lowest BCUT2D eigenvalue weighted by Gasteiger charge is -2.04. The van der Waals surface area contributed by atoms with Crippen LogP contribution in [0.25, 0.3) is 0 Å². The summed E-state index contributed by atoms with van der Waals surface area (Å²) in [5, 5.41) is 3.41. The smallest absolute Gasteiger partial charge is 0.0201 e. The summed E-state index contributed by atoms with van der Waals surface area (Å²) >= 11 is 2.43. The monoisotopic (exact) mass is 238 g/mol. The third-order valence-corrected chi connectivity index (χ3v) is 3.13. The molecular weight excluding hydrogens is 227 g/mol. The Kier molecular flexibility index (Phi) is 1.67.